The molecule has 0 aromatic carbocycles. The van der Waals surface area contributed by atoms with E-state index in [0.29, 0.717) is 5.92 Å². The monoisotopic (exact) mass is 222 g/mol. The van der Waals surface area contributed by atoms with E-state index in [1.165, 1.54) is 0 Å². The summed E-state index contributed by atoms with van der Waals surface area (Å²) in [5, 5.41) is 23.5. The zero-order chi connectivity index (χ0) is 11.6. The minimum absolute atomic E-state index is 0.463. The van der Waals surface area contributed by atoms with E-state index in [-0.39, 0.29) is 0 Å². The van der Waals surface area contributed by atoms with Crippen molar-refractivity contribution in [2.45, 2.75) is 51.0 Å². The molecule has 0 aromatic heterocycles. The van der Waals surface area contributed by atoms with Crippen LogP contribution < -0.4 is 5.32 Å². The Labute approximate surface area is 97.8 Å². The highest BCUT2D eigenvalue weighted by Crippen LogP contribution is 2.52. The van der Waals surface area contributed by atoms with E-state index in [1.54, 1.807) is 0 Å². The lowest BCUT2D eigenvalue weighted by molar-refractivity contribution is -0.0766. The average molecular weight is 222 g/mol. The van der Waals surface area contributed by atoms with Crippen LogP contribution in [-0.2, 0) is 0 Å². The van der Waals surface area contributed by atoms with Crippen molar-refractivity contribution in [1.82, 2.24) is 5.32 Å². The summed E-state index contributed by atoms with van der Waals surface area (Å²) in [5.41, 5.74) is -1.20. The summed E-state index contributed by atoms with van der Waals surface area (Å²) in [7, 11) is 0. The van der Waals surface area contributed by atoms with Crippen molar-refractivity contribution >= 4 is 0 Å². The highest BCUT2D eigenvalue weighted by molar-refractivity contribution is 5.15. The molecule has 1 aliphatic carbocycles. The van der Waals surface area contributed by atoms with E-state index in [2.05, 4.69) is 18.3 Å². The van der Waals surface area contributed by atoms with Gasteiger partial charge in [-0.25, -0.2) is 0 Å². The zero-order valence-corrected chi connectivity index (χ0v) is 10.1. The first kappa shape index (κ1) is 11.9. The van der Waals surface area contributed by atoms with E-state index < -0.39 is 11.0 Å². The van der Waals surface area contributed by atoms with Gasteiger partial charge < -0.3 is 10.4 Å². The largest absolute Gasteiger partial charge is 0.388 e. The number of nitrogens with one attached hydrogen (secondary N) is 1. The van der Waals surface area contributed by atoms with Crippen molar-refractivity contribution in [3.8, 4) is 6.07 Å². The third-order valence-corrected chi connectivity index (χ3v) is 4.73. The van der Waals surface area contributed by atoms with Gasteiger partial charge in [0.25, 0.3) is 0 Å². The lowest BCUT2D eigenvalue weighted by Crippen LogP contribution is -2.52. The minimum atomic E-state index is -0.739. The van der Waals surface area contributed by atoms with E-state index in [1.807, 2.05) is 0 Å². The van der Waals surface area contributed by atoms with Crippen LogP contribution in [-0.4, -0.2) is 23.8 Å². The topological polar surface area (TPSA) is 56.0 Å². The fourth-order valence-corrected chi connectivity index (χ4v) is 3.44. The number of nitriles is 1. The van der Waals surface area contributed by atoms with Crippen LogP contribution in [0.2, 0.25) is 0 Å². The van der Waals surface area contributed by atoms with E-state index in [9.17, 15) is 10.4 Å². The number of nitrogens with zero attached hydrogens (tertiary/aromatic N) is 1. The second-order valence-electron chi connectivity index (χ2n) is 5.49. The smallest absolute Gasteiger partial charge is 0.0864 e. The fraction of sp³-hybridized carbons (Fsp3) is 0.923. The van der Waals surface area contributed by atoms with Crippen LogP contribution >= 0.6 is 0 Å². The molecule has 2 unspecified atom stereocenters. The second-order valence-corrected chi connectivity index (χ2v) is 5.49. The van der Waals surface area contributed by atoms with Crippen LogP contribution in [0.3, 0.4) is 0 Å². The van der Waals surface area contributed by atoms with Crippen molar-refractivity contribution in [3.05, 3.63) is 0 Å². The van der Waals surface area contributed by atoms with Gasteiger partial charge in [0.05, 0.1) is 17.1 Å². The molecule has 3 heteroatoms. The minimum Gasteiger partial charge on any atom is -0.388 e. The first-order chi connectivity index (χ1) is 7.66. The molecule has 16 heavy (non-hydrogen) atoms. The van der Waals surface area contributed by atoms with Gasteiger partial charge in [-0.1, -0.05) is 13.3 Å². The molecular formula is C13H22N2O. The lowest BCUT2D eigenvalue weighted by atomic mass is 9.66. The summed E-state index contributed by atoms with van der Waals surface area (Å²) in [4.78, 5) is 0. The van der Waals surface area contributed by atoms with Crippen LogP contribution in [0.4, 0.5) is 0 Å². The van der Waals surface area contributed by atoms with Crippen LogP contribution in [0.15, 0.2) is 0 Å². The molecule has 2 N–H and O–H groups in total. The summed E-state index contributed by atoms with van der Waals surface area (Å²) in [6.07, 6.45) is 5.50. The van der Waals surface area contributed by atoms with Gasteiger partial charge in [-0.05, 0) is 51.1 Å². The SMILES string of the molecule is CCC1CCC(C#N)(C2(O)CCNCC2)C1. The van der Waals surface area contributed by atoms with Crippen LogP contribution in [0.5, 0.6) is 0 Å². The molecule has 1 heterocycles. The van der Waals surface area contributed by atoms with E-state index in [4.69, 9.17) is 0 Å². The van der Waals surface area contributed by atoms with Gasteiger partial charge >= 0.3 is 0 Å². The maximum atomic E-state index is 10.8. The van der Waals surface area contributed by atoms with E-state index in [0.717, 1.165) is 51.6 Å². The number of hydrogen-bond donors (Lipinski definition) is 2. The van der Waals surface area contributed by atoms with E-state index >= 15 is 0 Å². The van der Waals surface area contributed by atoms with Crippen LogP contribution in [0, 0.1) is 22.7 Å². The molecule has 0 spiro atoms. The molecule has 90 valence electrons. The molecule has 0 bridgehead atoms. The molecule has 2 atom stereocenters. The summed E-state index contributed by atoms with van der Waals surface area (Å²) in [6.45, 7) is 3.87. The Balaban J connectivity index is 2.18. The molecule has 1 aliphatic heterocycles. The number of rotatable bonds is 2. The number of aliphatic hydroxyl groups is 1. The highest BCUT2D eigenvalue weighted by Gasteiger charge is 2.54. The molecule has 2 rings (SSSR count). The molecular weight excluding hydrogens is 200 g/mol. The third kappa shape index (κ3) is 1.74. The first-order valence-electron chi connectivity index (χ1n) is 6.50. The van der Waals surface area contributed by atoms with Gasteiger partial charge in [-0.2, -0.15) is 5.26 Å². The van der Waals surface area contributed by atoms with Crippen LogP contribution in [0.25, 0.3) is 0 Å². The maximum absolute atomic E-state index is 10.8. The van der Waals surface area contributed by atoms with Gasteiger partial charge in [-0.15, -0.1) is 0 Å². The van der Waals surface area contributed by atoms with Gasteiger partial charge in [0.15, 0.2) is 0 Å². The fourth-order valence-electron chi connectivity index (χ4n) is 3.44. The summed E-state index contributed by atoms with van der Waals surface area (Å²) in [5.74, 6) is 0.638. The van der Waals surface area contributed by atoms with Crippen molar-refractivity contribution in [1.29, 1.82) is 5.26 Å². The molecule has 2 fully saturated rings. The predicted octanol–water partition coefficient (Wildman–Crippen LogP) is 1.82. The molecule has 2 aliphatic rings. The molecule has 0 radical (unpaired) electrons. The van der Waals surface area contributed by atoms with Gasteiger partial charge in [-0.3, -0.25) is 0 Å². The Bertz CT molecular complexity index is 291. The van der Waals surface area contributed by atoms with Gasteiger partial charge in [0.1, 0.15) is 0 Å². The summed E-state index contributed by atoms with van der Waals surface area (Å²) >= 11 is 0. The predicted molar refractivity (Wildman–Crippen MR) is 62.7 cm³/mol. The standard InChI is InChI=1S/C13H22N2O/c1-2-11-3-4-12(9-11,10-14)13(16)5-7-15-8-6-13/h11,15-16H,2-9H2,1H3. The normalized spacial score (nSPS) is 38.2. The lowest BCUT2D eigenvalue weighted by Gasteiger charge is -2.43. The molecule has 0 aromatic rings. The Morgan fingerprint density at radius 3 is 2.56 bits per heavy atom. The van der Waals surface area contributed by atoms with Crippen molar-refractivity contribution in [2.24, 2.45) is 11.3 Å². The third-order valence-electron chi connectivity index (χ3n) is 4.73. The first-order valence-corrected chi connectivity index (χ1v) is 6.50. The van der Waals surface area contributed by atoms with Crippen molar-refractivity contribution in [2.75, 3.05) is 13.1 Å². The summed E-state index contributed by atoms with van der Waals surface area (Å²) < 4.78 is 0. The van der Waals surface area contributed by atoms with Crippen molar-refractivity contribution < 1.29 is 5.11 Å². The van der Waals surface area contributed by atoms with Crippen LogP contribution in [0.1, 0.15) is 45.4 Å². The Hall–Kier alpha value is -0.590. The highest BCUT2D eigenvalue weighted by atomic mass is 16.3. The molecule has 3 nitrogen and oxygen atoms in total. The molecule has 1 saturated heterocycles. The summed E-state index contributed by atoms with van der Waals surface area (Å²) in [6, 6.07) is 2.47. The van der Waals surface area contributed by atoms with Crippen molar-refractivity contribution in [3.63, 3.8) is 0 Å². The van der Waals surface area contributed by atoms with Gasteiger partial charge in [0, 0.05) is 0 Å². The maximum Gasteiger partial charge on any atom is 0.0864 e. The Morgan fingerprint density at radius 2 is 2.06 bits per heavy atom. The number of hydrogen-bond acceptors (Lipinski definition) is 3. The Kier molecular flexibility index (Phi) is 3.23. The average Bonchev–Trinajstić information content (AvgIpc) is 2.75. The Morgan fingerprint density at radius 1 is 1.38 bits per heavy atom. The van der Waals surface area contributed by atoms with Gasteiger partial charge in [0.2, 0.25) is 0 Å². The number of piperidine rings is 1. The molecule has 0 amide bonds. The zero-order valence-electron chi connectivity index (χ0n) is 10.1. The second kappa shape index (κ2) is 4.35. The quantitative estimate of drug-likeness (QED) is 0.749. The molecule has 1 saturated carbocycles.